The summed E-state index contributed by atoms with van der Waals surface area (Å²) in [4.78, 5) is 46.1. The van der Waals surface area contributed by atoms with Gasteiger partial charge in [0.1, 0.15) is 11.7 Å². The summed E-state index contributed by atoms with van der Waals surface area (Å²) in [5.41, 5.74) is 1.13. The fourth-order valence-corrected chi connectivity index (χ4v) is 3.91. The highest BCUT2D eigenvalue weighted by atomic mass is 16.5. The molecule has 1 N–H and O–H groups in total. The van der Waals surface area contributed by atoms with Gasteiger partial charge in [0, 0.05) is 30.9 Å². The first kappa shape index (κ1) is 22.6. The van der Waals surface area contributed by atoms with E-state index in [-0.39, 0.29) is 11.9 Å². The predicted octanol–water partition coefficient (Wildman–Crippen LogP) is 1.35. The van der Waals surface area contributed by atoms with E-state index in [1.54, 1.807) is 53.7 Å². The third-order valence-corrected chi connectivity index (χ3v) is 5.32. The number of nitrogens with one attached hydrogen (secondary N) is 1. The number of likely N-dealkylation sites (tertiary alicyclic amines) is 1. The molecule has 164 valence electrons. The molecule has 2 heterocycles. The lowest BCUT2D eigenvalue weighted by Gasteiger charge is -2.27. The summed E-state index contributed by atoms with van der Waals surface area (Å²) in [6.45, 7) is 5.13. The van der Waals surface area contributed by atoms with Gasteiger partial charge in [0.25, 0.3) is 5.91 Å². The standard InChI is InChI=1S/C24H29N3O4/c1-16(2)31-19-8-6-18(7-9-19)22(28)20-21(17-10-12-25-13-11-17)27(24(30)23(20)29)15-5-14-26(3)4/h6-13,16,20-21H,5,14-15H2,1-4H3/p+1. The van der Waals surface area contributed by atoms with Crippen LogP contribution in [0.15, 0.2) is 48.8 Å². The van der Waals surface area contributed by atoms with Gasteiger partial charge in [-0.15, -0.1) is 0 Å². The number of pyridine rings is 1. The Hall–Kier alpha value is -3.06. The van der Waals surface area contributed by atoms with E-state index in [1.165, 1.54) is 4.90 Å². The van der Waals surface area contributed by atoms with Gasteiger partial charge < -0.3 is 14.5 Å². The molecule has 0 bridgehead atoms. The van der Waals surface area contributed by atoms with E-state index < -0.39 is 23.7 Å². The Morgan fingerprint density at radius 1 is 1.10 bits per heavy atom. The molecule has 7 nitrogen and oxygen atoms in total. The average molecular weight is 425 g/mol. The molecule has 2 unspecified atom stereocenters. The number of rotatable bonds is 9. The summed E-state index contributed by atoms with van der Waals surface area (Å²) < 4.78 is 5.63. The van der Waals surface area contributed by atoms with Gasteiger partial charge in [-0.2, -0.15) is 0 Å². The zero-order chi connectivity index (χ0) is 22.5. The lowest BCUT2D eigenvalue weighted by atomic mass is 9.86. The molecule has 1 fully saturated rings. The van der Waals surface area contributed by atoms with E-state index in [0.29, 0.717) is 17.9 Å². The third kappa shape index (κ3) is 5.17. The van der Waals surface area contributed by atoms with Crippen LogP contribution in [0.5, 0.6) is 5.75 Å². The summed E-state index contributed by atoms with van der Waals surface area (Å²) in [5, 5.41) is 0. The molecule has 2 atom stereocenters. The first-order valence-electron chi connectivity index (χ1n) is 10.6. The fraction of sp³-hybridized carbons (Fsp3) is 0.417. The van der Waals surface area contributed by atoms with Crippen molar-refractivity contribution in [3.8, 4) is 5.75 Å². The second kappa shape index (κ2) is 9.83. The van der Waals surface area contributed by atoms with Crippen LogP contribution in [0.4, 0.5) is 0 Å². The summed E-state index contributed by atoms with van der Waals surface area (Å²) in [6, 6.07) is 9.64. The molecule has 1 saturated heterocycles. The summed E-state index contributed by atoms with van der Waals surface area (Å²) in [6.07, 6.45) is 3.99. The number of Topliss-reactive ketones (excluding diaryl/α,β-unsaturated/α-hetero) is 2. The molecule has 1 aliphatic rings. The van der Waals surface area contributed by atoms with Crippen LogP contribution in [-0.2, 0) is 9.59 Å². The first-order chi connectivity index (χ1) is 14.8. The zero-order valence-corrected chi connectivity index (χ0v) is 18.5. The van der Waals surface area contributed by atoms with Crippen LogP contribution in [0, 0.1) is 5.92 Å². The minimum absolute atomic E-state index is 0.0178. The number of ketones is 2. The summed E-state index contributed by atoms with van der Waals surface area (Å²) in [5.74, 6) is -2.01. The Kier molecular flexibility index (Phi) is 7.17. The second-order valence-electron chi connectivity index (χ2n) is 8.43. The molecule has 1 aliphatic heterocycles. The van der Waals surface area contributed by atoms with Crippen molar-refractivity contribution < 1.29 is 24.0 Å². The fourth-order valence-electron chi connectivity index (χ4n) is 3.91. The Morgan fingerprint density at radius 3 is 2.32 bits per heavy atom. The molecule has 7 heteroatoms. The molecule has 3 rings (SSSR count). The molecule has 1 aromatic carbocycles. The van der Waals surface area contributed by atoms with E-state index in [0.717, 1.165) is 18.5 Å². The molecule has 2 aromatic rings. The molecule has 0 aliphatic carbocycles. The molecule has 0 saturated carbocycles. The van der Waals surface area contributed by atoms with Crippen molar-refractivity contribution in [2.24, 2.45) is 5.92 Å². The van der Waals surface area contributed by atoms with Crippen LogP contribution in [0.25, 0.3) is 0 Å². The topological polar surface area (TPSA) is 81.0 Å². The molecular formula is C24H30N3O4+. The van der Waals surface area contributed by atoms with Crippen molar-refractivity contribution in [2.45, 2.75) is 32.4 Å². The van der Waals surface area contributed by atoms with Crippen molar-refractivity contribution in [2.75, 3.05) is 27.2 Å². The van der Waals surface area contributed by atoms with Gasteiger partial charge in [0.2, 0.25) is 5.78 Å². The van der Waals surface area contributed by atoms with E-state index in [2.05, 4.69) is 4.98 Å². The molecule has 0 radical (unpaired) electrons. The Morgan fingerprint density at radius 2 is 1.74 bits per heavy atom. The van der Waals surface area contributed by atoms with Crippen molar-refractivity contribution >= 4 is 17.5 Å². The summed E-state index contributed by atoms with van der Waals surface area (Å²) in [7, 11) is 4.08. The Bertz CT molecular complexity index is 926. The number of nitrogens with zero attached hydrogens (tertiary/aromatic N) is 2. The van der Waals surface area contributed by atoms with Crippen LogP contribution in [0.3, 0.4) is 0 Å². The van der Waals surface area contributed by atoms with E-state index in [1.807, 2.05) is 27.9 Å². The molecule has 1 amide bonds. The maximum absolute atomic E-state index is 13.4. The predicted molar refractivity (Wildman–Crippen MR) is 116 cm³/mol. The van der Waals surface area contributed by atoms with E-state index in [9.17, 15) is 14.4 Å². The van der Waals surface area contributed by atoms with Gasteiger partial charge >= 0.3 is 0 Å². The van der Waals surface area contributed by atoms with Gasteiger partial charge in [0.05, 0.1) is 32.8 Å². The Balaban J connectivity index is 1.91. The van der Waals surface area contributed by atoms with Crippen molar-refractivity contribution in [3.63, 3.8) is 0 Å². The second-order valence-corrected chi connectivity index (χ2v) is 8.43. The molecule has 1 aromatic heterocycles. The number of ether oxygens (including phenoxy) is 1. The van der Waals surface area contributed by atoms with Crippen LogP contribution >= 0.6 is 0 Å². The SMILES string of the molecule is CC(C)Oc1ccc(C(=O)C2C(=O)C(=O)N(CCC[NH+](C)C)C2c2ccncc2)cc1. The average Bonchev–Trinajstić information content (AvgIpc) is 2.99. The highest BCUT2D eigenvalue weighted by Gasteiger charge is 2.51. The monoisotopic (exact) mass is 424 g/mol. The highest BCUT2D eigenvalue weighted by Crippen LogP contribution is 2.38. The van der Waals surface area contributed by atoms with E-state index in [4.69, 9.17) is 4.74 Å². The van der Waals surface area contributed by atoms with Gasteiger partial charge in [-0.1, -0.05) is 0 Å². The van der Waals surface area contributed by atoms with Gasteiger partial charge in [-0.3, -0.25) is 19.4 Å². The number of benzene rings is 1. The number of hydrogen-bond acceptors (Lipinski definition) is 5. The maximum Gasteiger partial charge on any atom is 0.291 e. The minimum Gasteiger partial charge on any atom is -0.491 e. The number of hydrogen-bond donors (Lipinski definition) is 1. The smallest absolute Gasteiger partial charge is 0.291 e. The van der Waals surface area contributed by atoms with Gasteiger partial charge in [0.15, 0.2) is 5.78 Å². The van der Waals surface area contributed by atoms with E-state index >= 15 is 0 Å². The van der Waals surface area contributed by atoms with Crippen LogP contribution in [0.1, 0.15) is 42.2 Å². The number of aromatic nitrogens is 1. The largest absolute Gasteiger partial charge is 0.491 e. The maximum atomic E-state index is 13.4. The van der Waals surface area contributed by atoms with Crippen LogP contribution in [-0.4, -0.2) is 60.6 Å². The third-order valence-electron chi connectivity index (χ3n) is 5.32. The lowest BCUT2D eigenvalue weighted by molar-refractivity contribution is -0.858. The van der Waals surface area contributed by atoms with Gasteiger partial charge in [-0.25, -0.2) is 0 Å². The van der Waals surface area contributed by atoms with Crippen molar-refractivity contribution in [1.29, 1.82) is 0 Å². The molecule has 0 spiro atoms. The lowest BCUT2D eigenvalue weighted by Crippen LogP contribution is -3.05. The Labute approximate surface area is 183 Å². The number of quaternary nitrogens is 1. The minimum atomic E-state index is -1.07. The van der Waals surface area contributed by atoms with Crippen molar-refractivity contribution in [1.82, 2.24) is 9.88 Å². The highest BCUT2D eigenvalue weighted by molar-refractivity contribution is 6.44. The summed E-state index contributed by atoms with van der Waals surface area (Å²) >= 11 is 0. The molecular weight excluding hydrogens is 394 g/mol. The van der Waals surface area contributed by atoms with Gasteiger partial charge in [-0.05, 0) is 55.8 Å². The van der Waals surface area contributed by atoms with Crippen LogP contribution < -0.4 is 9.64 Å². The quantitative estimate of drug-likeness (QED) is 0.373. The zero-order valence-electron chi connectivity index (χ0n) is 18.5. The van der Waals surface area contributed by atoms with Crippen LogP contribution in [0.2, 0.25) is 0 Å². The number of carbonyl (C=O) groups is 3. The van der Waals surface area contributed by atoms with Crippen molar-refractivity contribution in [3.05, 3.63) is 59.9 Å². The first-order valence-corrected chi connectivity index (χ1v) is 10.6. The molecule has 31 heavy (non-hydrogen) atoms. The number of carbonyl (C=O) groups excluding carboxylic acids is 3. The number of amides is 1. The normalized spacial score (nSPS) is 18.8.